The fourth-order valence-electron chi connectivity index (χ4n) is 2.11. The van der Waals surface area contributed by atoms with Crippen LogP contribution in [0.1, 0.15) is 31.4 Å². The molecule has 1 aromatic carbocycles. The first-order valence-electron chi connectivity index (χ1n) is 5.88. The monoisotopic (exact) mass is 237 g/mol. The average molecular weight is 237 g/mol. The summed E-state index contributed by atoms with van der Waals surface area (Å²) < 4.78 is 0. The minimum Gasteiger partial charge on any atom is -0.508 e. The summed E-state index contributed by atoms with van der Waals surface area (Å²) in [6.45, 7) is 2.16. The van der Waals surface area contributed by atoms with E-state index in [9.17, 15) is 5.11 Å². The van der Waals surface area contributed by atoms with E-state index in [0.29, 0.717) is 17.8 Å². The van der Waals surface area contributed by atoms with Crippen molar-refractivity contribution in [1.29, 1.82) is 0 Å². The molecule has 1 unspecified atom stereocenters. The van der Waals surface area contributed by atoms with E-state index < -0.39 is 0 Å². The predicted octanol–water partition coefficient (Wildman–Crippen LogP) is 2.94. The minimum absolute atomic E-state index is 0.320. The molecule has 0 radical (unpaired) electrons. The van der Waals surface area contributed by atoms with Gasteiger partial charge in [0, 0.05) is 12.1 Å². The molecule has 0 amide bonds. The first kappa shape index (κ1) is 11.8. The van der Waals surface area contributed by atoms with Crippen LogP contribution in [-0.4, -0.2) is 22.7 Å². The number of phenols is 1. The van der Waals surface area contributed by atoms with Crippen molar-refractivity contribution in [2.75, 3.05) is 11.5 Å². The number of aromatic hydroxyl groups is 1. The molecule has 88 valence electrons. The number of hydrogen-bond acceptors (Lipinski definition) is 3. The van der Waals surface area contributed by atoms with Gasteiger partial charge in [0.1, 0.15) is 5.75 Å². The highest BCUT2D eigenvalue weighted by Gasteiger charge is 2.16. The highest BCUT2D eigenvalue weighted by atomic mass is 32.2. The maximum atomic E-state index is 9.44. The second kappa shape index (κ2) is 5.60. The average Bonchev–Trinajstić information content (AvgIpc) is 2.30. The first-order valence-corrected chi connectivity index (χ1v) is 7.04. The van der Waals surface area contributed by atoms with E-state index in [1.165, 1.54) is 29.9 Å². The normalized spacial score (nSPS) is 19.6. The topological polar surface area (TPSA) is 32.3 Å². The van der Waals surface area contributed by atoms with E-state index in [1.807, 2.05) is 23.9 Å². The summed E-state index contributed by atoms with van der Waals surface area (Å²) in [5, 5.41) is 13.1. The van der Waals surface area contributed by atoms with Crippen LogP contribution in [0.15, 0.2) is 24.3 Å². The summed E-state index contributed by atoms with van der Waals surface area (Å²) in [4.78, 5) is 0. The molecule has 1 aliphatic heterocycles. The zero-order valence-electron chi connectivity index (χ0n) is 9.65. The Hall–Kier alpha value is -0.670. The number of thioether (sulfide) groups is 1. The van der Waals surface area contributed by atoms with Gasteiger partial charge < -0.3 is 10.4 Å². The highest BCUT2D eigenvalue weighted by Crippen LogP contribution is 2.22. The summed E-state index contributed by atoms with van der Waals surface area (Å²) >= 11 is 2.04. The van der Waals surface area contributed by atoms with Gasteiger partial charge in [0.05, 0.1) is 0 Å². The molecular weight excluding hydrogens is 218 g/mol. The largest absolute Gasteiger partial charge is 0.508 e. The lowest BCUT2D eigenvalue weighted by Crippen LogP contribution is -2.34. The van der Waals surface area contributed by atoms with Gasteiger partial charge in [0.2, 0.25) is 0 Å². The third kappa shape index (κ3) is 3.16. The van der Waals surface area contributed by atoms with Gasteiger partial charge in [-0.2, -0.15) is 11.8 Å². The predicted molar refractivity (Wildman–Crippen MR) is 70.0 cm³/mol. The van der Waals surface area contributed by atoms with Crippen LogP contribution in [0.25, 0.3) is 0 Å². The van der Waals surface area contributed by atoms with Gasteiger partial charge in [0.25, 0.3) is 0 Å². The van der Waals surface area contributed by atoms with Gasteiger partial charge in [-0.3, -0.25) is 0 Å². The van der Waals surface area contributed by atoms with Crippen LogP contribution in [-0.2, 0) is 0 Å². The Labute approximate surface area is 101 Å². The molecule has 2 rings (SSSR count). The van der Waals surface area contributed by atoms with Crippen LogP contribution < -0.4 is 5.32 Å². The second-order valence-electron chi connectivity index (χ2n) is 4.37. The van der Waals surface area contributed by atoms with Crippen molar-refractivity contribution < 1.29 is 5.11 Å². The summed E-state index contributed by atoms with van der Waals surface area (Å²) in [5.41, 5.74) is 1.17. The number of nitrogens with one attached hydrogen (secondary N) is 1. The van der Waals surface area contributed by atoms with Crippen LogP contribution in [0, 0.1) is 0 Å². The Morgan fingerprint density at radius 1 is 1.38 bits per heavy atom. The van der Waals surface area contributed by atoms with E-state index in [0.717, 1.165) is 0 Å². The summed E-state index contributed by atoms with van der Waals surface area (Å²) in [6.07, 6.45) is 2.52. The third-order valence-corrected chi connectivity index (χ3v) is 4.13. The molecule has 2 N–H and O–H groups in total. The zero-order valence-corrected chi connectivity index (χ0v) is 10.5. The third-order valence-electron chi connectivity index (χ3n) is 3.08. The van der Waals surface area contributed by atoms with Crippen molar-refractivity contribution in [3.05, 3.63) is 29.8 Å². The molecule has 1 aromatic rings. The maximum Gasteiger partial charge on any atom is 0.115 e. The van der Waals surface area contributed by atoms with Crippen molar-refractivity contribution in [1.82, 2.24) is 5.32 Å². The quantitative estimate of drug-likeness (QED) is 0.848. The van der Waals surface area contributed by atoms with E-state index in [4.69, 9.17) is 0 Å². The Balaban J connectivity index is 1.94. The molecule has 1 saturated heterocycles. The highest BCUT2D eigenvalue weighted by molar-refractivity contribution is 7.99. The summed E-state index contributed by atoms with van der Waals surface area (Å²) in [7, 11) is 0. The molecule has 16 heavy (non-hydrogen) atoms. The van der Waals surface area contributed by atoms with Crippen molar-refractivity contribution >= 4 is 11.8 Å². The summed E-state index contributed by atoms with van der Waals surface area (Å²) in [6, 6.07) is 8.48. The van der Waals surface area contributed by atoms with Crippen LogP contribution >= 0.6 is 11.8 Å². The van der Waals surface area contributed by atoms with Gasteiger partial charge >= 0.3 is 0 Å². The molecule has 0 aliphatic carbocycles. The molecule has 0 bridgehead atoms. The van der Waals surface area contributed by atoms with Crippen LogP contribution in [0.2, 0.25) is 0 Å². The van der Waals surface area contributed by atoms with Crippen molar-refractivity contribution in [3.8, 4) is 5.75 Å². The minimum atomic E-state index is 0.320. The Morgan fingerprint density at radius 3 is 2.81 bits per heavy atom. The second-order valence-corrected chi connectivity index (χ2v) is 5.59. The first-order chi connectivity index (χ1) is 7.75. The van der Waals surface area contributed by atoms with Gasteiger partial charge in [-0.05, 0) is 49.0 Å². The van der Waals surface area contributed by atoms with Crippen LogP contribution in [0.4, 0.5) is 0 Å². The van der Waals surface area contributed by atoms with E-state index >= 15 is 0 Å². The standard InChI is InChI=1S/C13H19NOS/c1-10(11-3-2-4-13(15)9-11)14-12-5-7-16-8-6-12/h2-4,9-10,12,14-15H,5-8H2,1H3. The molecule has 3 heteroatoms. The number of rotatable bonds is 3. The lowest BCUT2D eigenvalue weighted by molar-refractivity contribution is 0.428. The smallest absolute Gasteiger partial charge is 0.115 e. The number of phenolic OH excluding ortho intramolecular Hbond substituents is 1. The van der Waals surface area contributed by atoms with Gasteiger partial charge in [0.15, 0.2) is 0 Å². The van der Waals surface area contributed by atoms with Gasteiger partial charge in [-0.15, -0.1) is 0 Å². The molecule has 0 aromatic heterocycles. The zero-order chi connectivity index (χ0) is 11.4. The van der Waals surface area contributed by atoms with E-state index in [1.54, 1.807) is 6.07 Å². The molecule has 1 fully saturated rings. The number of benzene rings is 1. The van der Waals surface area contributed by atoms with Crippen LogP contribution in [0.3, 0.4) is 0 Å². The number of hydrogen-bond donors (Lipinski definition) is 2. The Bertz CT molecular complexity index is 336. The fourth-order valence-corrected chi connectivity index (χ4v) is 3.21. The van der Waals surface area contributed by atoms with Gasteiger partial charge in [-0.25, -0.2) is 0 Å². The molecule has 0 saturated carbocycles. The lowest BCUT2D eigenvalue weighted by atomic mass is 10.1. The molecule has 1 heterocycles. The van der Waals surface area contributed by atoms with Crippen molar-refractivity contribution in [3.63, 3.8) is 0 Å². The SMILES string of the molecule is CC(NC1CCSCC1)c1cccc(O)c1. The molecule has 1 aliphatic rings. The molecule has 1 atom stereocenters. The Kier molecular flexibility index (Phi) is 4.13. The lowest BCUT2D eigenvalue weighted by Gasteiger charge is -2.26. The molecular formula is C13H19NOS. The fraction of sp³-hybridized carbons (Fsp3) is 0.538. The van der Waals surface area contributed by atoms with E-state index in [-0.39, 0.29) is 0 Å². The summed E-state index contributed by atoms with van der Waals surface area (Å²) in [5.74, 6) is 2.89. The molecule has 0 spiro atoms. The van der Waals surface area contributed by atoms with Gasteiger partial charge in [-0.1, -0.05) is 12.1 Å². The Morgan fingerprint density at radius 2 is 2.12 bits per heavy atom. The van der Waals surface area contributed by atoms with E-state index in [2.05, 4.69) is 18.3 Å². The molecule has 2 nitrogen and oxygen atoms in total. The maximum absolute atomic E-state index is 9.44. The van der Waals surface area contributed by atoms with Crippen molar-refractivity contribution in [2.45, 2.75) is 31.8 Å². The van der Waals surface area contributed by atoms with Crippen molar-refractivity contribution in [2.24, 2.45) is 0 Å². The van der Waals surface area contributed by atoms with Crippen LogP contribution in [0.5, 0.6) is 5.75 Å².